The average molecular weight is 385 g/mol. The van der Waals surface area contributed by atoms with Crippen molar-refractivity contribution in [3.63, 3.8) is 0 Å². The van der Waals surface area contributed by atoms with Gasteiger partial charge < -0.3 is 21.3 Å². The molecule has 8 heteroatoms. The van der Waals surface area contributed by atoms with Crippen molar-refractivity contribution in [2.75, 3.05) is 18.4 Å². The molecule has 1 aliphatic rings. The van der Waals surface area contributed by atoms with Crippen molar-refractivity contribution in [2.45, 2.75) is 45.1 Å². The third-order valence-corrected chi connectivity index (χ3v) is 5.17. The Morgan fingerprint density at radius 2 is 1.82 bits per heavy atom. The number of nitrogens with one attached hydrogen (secondary N) is 2. The summed E-state index contributed by atoms with van der Waals surface area (Å²) in [6.45, 7) is 4.09. The number of amides is 4. The molecule has 1 aromatic carbocycles. The van der Waals surface area contributed by atoms with Gasteiger partial charge in [0.2, 0.25) is 11.8 Å². The van der Waals surface area contributed by atoms with Crippen molar-refractivity contribution in [3.05, 3.63) is 30.3 Å². The van der Waals surface area contributed by atoms with E-state index in [2.05, 4.69) is 16.7 Å². The number of hydrogen-bond acceptors (Lipinski definition) is 4. The fourth-order valence-corrected chi connectivity index (χ4v) is 2.96. The van der Waals surface area contributed by atoms with Gasteiger partial charge >= 0.3 is 6.03 Å². The van der Waals surface area contributed by atoms with Crippen LogP contribution in [0.4, 0.5) is 10.5 Å². The normalized spacial score (nSPS) is 16.0. The summed E-state index contributed by atoms with van der Waals surface area (Å²) in [6.07, 6.45) is 1.10. The highest BCUT2D eigenvalue weighted by Gasteiger charge is 2.38. The molecule has 28 heavy (non-hydrogen) atoms. The summed E-state index contributed by atoms with van der Waals surface area (Å²) in [4.78, 5) is 37.7. The molecule has 0 spiro atoms. The maximum atomic E-state index is 12.4. The van der Waals surface area contributed by atoms with Crippen LogP contribution >= 0.6 is 0 Å². The predicted molar refractivity (Wildman–Crippen MR) is 105 cm³/mol. The highest BCUT2D eigenvalue weighted by molar-refractivity contribution is 5.89. The molecular formula is C20H27N5O3. The van der Waals surface area contributed by atoms with Crippen molar-refractivity contribution in [2.24, 2.45) is 11.1 Å². The smallest absolute Gasteiger partial charge is 0.321 e. The molecule has 1 saturated heterocycles. The summed E-state index contributed by atoms with van der Waals surface area (Å²) in [5, 5.41) is 15.2. The molecule has 0 bridgehead atoms. The minimum absolute atomic E-state index is 0.109. The standard InChI is InChI=1S/C20H27N5O3/c1-19(2,17(22)27)9-8-16(26)24-20(14-21)10-12-25(13-11-20)18(28)23-15-6-4-3-5-7-15/h3-7H,8-13H2,1-2H3,(H2,22,27)(H,23,28)(H,24,26). The fraction of sp³-hybridized carbons (Fsp3) is 0.500. The van der Waals surface area contributed by atoms with E-state index >= 15 is 0 Å². The summed E-state index contributed by atoms with van der Waals surface area (Å²) in [5.74, 6) is -0.758. The number of rotatable bonds is 6. The second kappa shape index (κ2) is 8.74. The monoisotopic (exact) mass is 385 g/mol. The second-order valence-electron chi connectivity index (χ2n) is 7.77. The average Bonchev–Trinajstić information content (AvgIpc) is 2.67. The summed E-state index contributed by atoms with van der Waals surface area (Å²) < 4.78 is 0. The van der Waals surface area contributed by atoms with Crippen molar-refractivity contribution >= 4 is 23.5 Å². The lowest BCUT2D eigenvalue weighted by Crippen LogP contribution is -2.56. The first-order chi connectivity index (χ1) is 13.2. The number of benzene rings is 1. The zero-order valence-electron chi connectivity index (χ0n) is 16.3. The number of urea groups is 1. The van der Waals surface area contributed by atoms with E-state index in [-0.39, 0.29) is 18.4 Å². The van der Waals surface area contributed by atoms with Crippen molar-refractivity contribution in [1.29, 1.82) is 5.26 Å². The molecule has 1 aliphatic heterocycles. The summed E-state index contributed by atoms with van der Waals surface area (Å²) >= 11 is 0. The highest BCUT2D eigenvalue weighted by atomic mass is 16.2. The largest absolute Gasteiger partial charge is 0.369 e. The van der Waals surface area contributed by atoms with E-state index in [0.717, 1.165) is 0 Å². The van der Waals surface area contributed by atoms with E-state index in [1.54, 1.807) is 30.9 Å². The molecule has 8 nitrogen and oxygen atoms in total. The van der Waals surface area contributed by atoms with Gasteiger partial charge in [-0.15, -0.1) is 0 Å². The van der Waals surface area contributed by atoms with Crippen LogP contribution in [0.25, 0.3) is 0 Å². The number of nitrogens with zero attached hydrogens (tertiary/aromatic N) is 2. The number of carbonyl (C=O) groups excluding carboxylic acids is 3. The van der Waals surface area contributed by atoms with E-state index in [1.165, 1.54) is 0 Å². The summed E-state index contributed by atoms with van der Waals surface area (Å²) in [7, 11) is 0. The predicted octanol–water partition coefficient (Wildman–Crippen LogP) is 1.98. The highest BCUT2D eigenvalue weighted by Crippen LogP contribution is 2.25. The van der Waals surface area contributed by atoms with Gasteiger partial charge in [0, 0.05) is 43.5 Å². The molecule has 1 aromatic rings. The van der Waals surface area contributed by atoms with Gasteiger partial charge in [0.25, 0.3) is 0 Å². The Morgan fingerprint density at radius 1 is 1.21 bits per heavy atom. The van der Waals surface area contributed by atoms with Gasteiger partial charge in [0.15, 0.2) is 0 Å². The van der Waals surface area contributed by atoms with E-state index in [4.69, 9.17) is 5.73 Å². The number of anilines is 1. The Kier molecular flexibility index (Phi) is 6.62. The van der Waals surface area contributed by atoms with Crippen LogP contribution in [0.2, 0.25) is 0 Å². The van der Waals surface area contributed by atoms with Crippen molar-refractivity contribution in [1.82, 2.24) is 10.2 Å². The Labute approximate surface area is 165 Å². The lowest BCUT2D eigenvalue weighted by Gasteiger charge is -2.37. The molecule has 150 valence electrons. The topological polar surface area (TPSA) is 128 Å². The van der Waals surface area contributed by atoms with Gasteiger partial charge in [-0.3, -0.25) is 9.59 Å². The molecule has 1 heterocycles. The first kappa shape index (κ1) is 21.2. The van der Waals surface area contributed by atoms with Crippen LogP contribution in [0.15, 0.2) is 30.3 Å². The number of likely N-dealkylation sites (tertiary alicyclic amines) is 1. The Hall–Kier alpha value is -3.08. The molecule has 0 aromatic heterocycles. The molecule has 4 amide bonds. The van der Waals surface area contributed by atoms with Gasteiger partial charge in [-0.05, 0) is 18.6 Å². The SMILES string of the molecule is CC(C)(CCC(=O)NC1(C#N)CCN(C(=O)Nc2ccccc2)CC1)C(N)=O. The Balaban J connectivity index is 1.87. The Bertz CT molecular complexity index is 762. The first-order valence-electron chi connectivity index (χ1n) is 9.31. The molecule has 4 N–H and O–H groups in total. The van der Waals surface area contributed by atoms with Crippen LogP contribution in [0.5, 0.6) is 0 Å². The number of hydrogen-bond donors (Lipinski definition) is 3. The maximum absolute atomic E-state index is 12.4. The van der Waals surface area contributed by atoms with E-state index in [1.807, 2.05) is 18.2 Å². The molecule has 0 aliphatic carbocycles. The van der Waals surface area contributed by atoms with Gasteiger partial charge in [0.05, 0.1) is 6.07 Å². The summed E-state index contributed by atoms with van der Waals surface area (Å²) in [6, 6.07) is 11.1. The van der Waals surface area contributed by atoms with Gasteiger partial charge in [-0.2, -0.15) is 5.26 Å². The van der Waals surface area contributed by atoms with Crippen LogP contribution in [-0.2, 0) is 9.59 Å². The molecule has 0 saturated carbocycles. The van der Waals surface area contributed by atoms with Gasteiger partial charge in [-0.25, -0.2) is 4.79 Å². The lowest BCUT2D eigenvalue weighted by molar-refractivity contribution is -0.127. The van der Waals surface area contributed by atoms with Crippen molar-refractivity contribution < 1.29 is 14.4 Å². The molecule has 2 rings (SSSR count). The van der Waals surface area contributed by atoms with Gasteiger partial charge in [-0.1, -0.05) is 32.0 Å². The van der Waals surface area contributed by atoms with Crippen LogP contribution in [-0.4, -0.2) is 41.4 Å². The van der Waals surface area contributed by atoms with E-state index in [0.29, 0.717) is 38.0 Å². The number of piperidine rings is 1. The summed E-state index contributed by atoms with van der Waals surface area (Å²) in [5.41, 5.74) is 4.24. The quantitative estimate of drug-likeness (QED) is 0.691. The molecule has 0 unspecified atom stereocenters. The molecular weight excluding hydrogens is 358 g/mol. The first-order valence-corrected chi connectivity index (χ1v) is 9.31. The van der Waals surface area contributed by atoms with Crippen LogP contribution in [0, 0.1) is 16.7 Å². The fourth-order valence-electron chi connectivity index (χ4n) is 2.96. The second-order valence-corrected chi connectivity index (χ2v) is 7.77. The number of carbonyl (C=O) groups is 3. The minimum Gasteiger partial charge on any atom is -0.369 e. The number of para-hydroxylation sites is 1. The third kappa shape index (κ3) is 5.46. The maximum Gasteiger partial charge on any atom is 0.321 e. The lowest BCUT2D eigenvalue weighted by atomic mass is 9.86. The van der Waals surface area contributed by atoms with Crippen LogP contribution in [0.3, 0.4) is 0 Å². The zero-order valence-corrected chi connectivity index (χ0v) is 16.3. The van der Waals surface area contributed by atoms with E-state index in [9.17, 15) is 19.6 Å². The Morgan fingerprint density at radius 3 is 2.36 bits per heavy atom. The number of primary amides is 1. The number of nitrogens with two attached hydrogens (primary N) is 1. The third-order valence-electron chi connectivity index (χ3n) is 5.17. The number of nitriles is 1. The van der Waals surface area contributed by atoms with Crippen LogP contribution in [0.1, 0.15) is 39.5 Å². The molecule has 1 fully saturated rings. The zero-order chi connectivity index (χ0) is 20.8. The van der Waals surface area contributed by atoms with Crippen molar-refractivity contribution in [3.8, 4) is 6.07 Å². The minimum atomic E-state index is -1.00. The molecule has 0 atom stereocenters. The van der Waals surface area contributed by atoms with Crippen LogP contribution < -0.4 is 16.4 Å². The van der Waals surface area contributed by atoms with Gasteiger partial charge in [0.1, 0.15) is 5.54 Å². The molecule has 0 radical (unpaired) electrons. The van der Waals surface area contributed by atoms with E-state index < -0.39 is 16.9 Å².